The standard InChI is InChI=1S/C37H40F3N5O4/c1-4-21-45(32-34(48-5-2)41-24-42-35(32)49-6-3)36(47)26-13-17-29(18-14-26)44-22-19-28(20-23-44)43-33(46)31-10-8-7-9-30(31)25-11-15-27(16-12-25)37(38,39)40/h7-18,24,28H,4-6,19-23H2,1-3H3,(H,43,46). The van der Waals surface area contributed by atoms with Crippen LogP contribution in [0.4, 0.5) is 24.5 Å². The van der Waals surface area contributed by atoms with Crippen molar-refractivity contribution in [3.8, 4) is 22.9 Å². The summed E-state index contributed by atoms with van der Waals surface area (Å²) in [6.45, 7) is 8.22. The molecule has 1 N–H and O–H groups in total. The zero-order chi connectivity index (χ0) is 35.0. The van der Waals surface area contributed by atoms with Crippen molar-refractivity contribution in [3.63, 3.8) is 0 Å². The molecule has 5 rings (SSSR count). The van der Waals surface area contributed by atoms with Crippen molar-refractivity contribution < 1.29 is 32.2 Å². The maximum Gasteiger partial charge on any atom is 0.416 e. The molecule has 9 nitrogen and oxygen atoms in total. The molecule has 1 saturated heterocycles. The molecule has 49 heavy (non-hydrogen) atoms. The van der Waals surface area contributed by atoms with Crippen LogP contribution in [0.5, 0.6) is 11.8 Å². The number of hydrogen-bond donors (Lipinski definition) is 1. The Hall–Kier alpha value is -5.13. The molecule has 1 fully saturated rings. The fraction of sp³-hybridized carbons (Fsp3) is 0.351. The van der Waals surface area contributed by atoms with Gasteiger partial charge in [0.2, 0.25) is 11.8 Å². The van der Waals surface area contributed by atoms with Crippen molar-refractivity contribution in [2.45, 2.75) is 52.3 Å². The fourth-order valence-electron chi connectivity index (χ4n) is 5.89. The third-order valence-corrected chi connectivity index (χ3v) is 8.28. The van der Waals surface area contributed by atoms with E-state index in [1.165, 1.54) is 18.5 Å². The molecule has 0 bridgehead atoms. The zero-order valence-corrected chi connectivity index (χ0v) is 27.8. The van der Waals surface area contributed by atoms with Crippen LogP contribution in [-0.2, 0) is 6.18 Å². The summed E-state index contributed by atoms with van der Waals surface area (Å²) in [5.41, 5.74) is 2.65. The fourth-order valence-corrected chi connectivity index (χ4v) is 5.89. The van der Waals surface area contributed by atoms with E-state index in [1.54, 1.807) is 41.3 Å². The molecule has 0 unspecified atom stereocenters. The maximum absolute atomic E-state index is 13.8. The third kappa shape index (κ3) is 8.30. The molecule has 2 amide bonds. The van der Waals surface area contributed by atoms with Gasteiger partial charge in [-0.05, 0) is 86.7 Å². The second-order valence-electron chi connectivity index (χ2n) is 11.6. The Labute approximate surface area is 284 Å². The summed E-state index contributed by atoms with van der Waals surface area (Å²) in [6.07, 6.45) is -0.969. The Balaban J connectivity index is 1.23. The van der Waals surface area contributed by atoms with Gasteiger partial charge in [0.1, 0.15) is 6.33 Å². The van der Waals surface area contributed by atoms with E-state index in [1.807, 2.05) is 32.9 Å². The van der Waals surface area contributed by atoms with Gasteiger partial charge in [0.25, 0.3) is 11.8 Å². The summed E-state index contributed by atoms with van der Waals surface area (Å²) in [5, 5.41) is 3.12. The second-order valence-corrected chi connectivity index (χ2v) is 11.6. The van der Waals surface area contributed by atoms with Crippen LogP contribution in [-0.4, -0.2) is 60.7 Å². The van der Waals surface area contributed by atoms with E-state index in [0.717, 1.165) is 17.8 Å². The monoisotopic (exact) mass is 675 g/mol. The number of halogens is 3. The molecular weight excluding hydrogens is 635 g/mol. The Morgan fingerprint density at radius 2 is 1.49 bits per heavy atom. The number of alkyl halides is 3. The van der Waals surface area contributed by atoms with E-state index in [9.17, 15) is 22.8 Å². The molecule has 0 saturated carbocycles. The van der Waals surface area contributed by atoms with Crippen LogP contribution in [0.2, 0.25) is 0 Å². The van der Waals surface area contributed by atoms with Crippen molar-refractivity contribution in [1.29, 1.82) is 0 Å². The number of carbonyl (C=O) groups is 2. The highest BCUT2D eigenvalue weighted by molar-refractivity contribution is 6.07. The lowest BCUT2D eigenvalue weighted by Gasteiger charge is -2.34. The molecule has 1 aliphatic heterocycles. The highest BCUT2D eigenvalue weighted by atomic mass is 19.4. The van der Waals surface area contributed by atoms with E-state index in [-0.39, 0.29) is 29.6 Å². The van der Waals surface area contributed by atoms with Crippen LogP contribution in [0.1, 0.15) is 66.3 Å². The molecular formula is C37H40F3N5O4. The highest BCUT2D eigenvalue weighted by Gasteiger charge is 2.31. The first-order valence-corrected chi connectivity index (χ1v) is 16.5. The lowest BCUT2D eigenvalue weighted by Crippen LogP contribution is -2.44. The van der Waals surface area contributed by atoms with E-state index in [2.05, 4.69) is 20.2 Å². The lowest BCUT2D eigenvalue weighted by atomic mass is 9.97. The molecule has 0 atom stereocenters. The number of carbonyl (C=O) groups excluding carboxylic acids is 2. The number of aromatic nitrogens is 2. The molecule has 0 aliphatic carbocycles. The molecule has 1 aromatic heterocycles. The largest absolute Gasteiger partial charge is 0.476 e. The van der Waals surface area contributed by atoms with Crippen molar-refractivity contribution in [2.75, 3.05) is 42.6 Å². The van der Waals surface area contributed by atoms with Crippen LogP contribution < -0.4 is 24.6 Å². The zero-order valence-electron chi connectivity index (χ0n) is 27.8. The number of hydrogen-bond acceptors (Lipinski definition) is 7. The average molecular weight is 676 g/mol. The van der Waals surface area contributed by atoms with Crippen LogP contribution in [0.3, 0.4) is 0 Å². The number of rotatable bonds is 12. The number of benzene rings is 3. The van der Waals surface area contributed by atoms with Gasteiger partial charge < -0.3 is 19.7 Å². The molecule has 3 aromatic carbocycles. The van der Waals surface area contributed by atoms with E-state index in [0.29, 0.717) is 80.1 Å². The first-order valence-electron chi connectivity index (χ1n) is 16.5. The van der Waals surface area contributed by atoms with Gasteiger partial charge in [-0.25, -0.2) is 0 Å². The van der Waals surface area contributed by atoms with Gasteiger partial charge in [-0.3, -0.25) is 14.5 Å². The molecule has 0 radical (unpaired) electrons. The van der Waals surface area contributed by atoms with Gasteiger partial charge in [0, 0.05) is 42.5 Å². The van der Waals surface area contributed by atoms with Crippen LogP contribution >= 0.6 is 0 Å². The average Bonchev–Trinajstić information content (AvgIpc) is 3.11. The summed E-state index contributed by atoms with van der Waals surface area (Å²) in [4.78, 5) is 39.5. The van der Waals surface area contributed by atoms with E-state index < -0.39 is 11.7 Å². The quantitative estimate of drug-likeness (QED) is 0.167. The van der Waals surface area contributed by atoms with Crippen molar-refractivity contribution in [2.24, 2.45) is 0 Å². The number of piperidine rings is 1. The minimum atomic E-state index is -4.43. The van der Waals surface area contributed by atoms with Gasteiger partial charge in [0.15, 0.2) is 5.69 Å². The Morgan fingerprint density at radius 3 is 2.06 bits per heavy atom. The van der Waals surface area contributed by atoms with Crippen molar-refractivity contribution in [1.82, 2.24) is 15.3 Å². The van der Waals surface area contributed by atoms with Crippen molar-refractivity contribution >= 4 is 23.2 Å². The van der Waals surface area contributed by atoms with Gasteiger partial charge in [0.05, 0.1) is 18.8 Å². The summed E-state index contributed by atoms with van der Waals surface area (Å²) < 4.78 is 50.7. The summed E-state index contributed by atoms with van der Waals surface area (Å²) in [5.74, 6) is 0.0928. The minimum Gasteiger partial charge on any atom is -0.476 e. The van der Waals surface area contributed by atoms with Crippen LogP contribution in [0.15, 0.2) is 79.1 Å². The van der Waals surface area contributed by atoms with Gasteiger partial charge >= 0.3 is 6.18 Å². The molecule has 0 spiro atoms. The second kappa shape index (κ2) is 15.8. The lowest BCUT2D eigenvalue weighted by molar-refractivity contribution is -0.137. The normalized spacial score (nSPS) is 13.6. The maximum atomic E-state index is 13.8. The third-order valence-electron chi connectivity index (χ3n) is 8.28. The first-order chi connectivity index (χ1) is 23.6. The summed E-state index contributed by atoms with van der Waals surface area (Å²) >= 11 is 0. The molecule has 1 aliphatic rings. The number of amides is 2. The van der Waals surface area contributed by atoms with Gasteiger partial charge in [-0.15, -0.1) is 0 Å². The van der Waals surface area contributed by atoms with Crippen LogP contribution in [0, 0.1) is 0 Å². The summed E-state index contributed by atoms with van der Waals surface area (Å²) in [7, 11) is 0. The smallest absolute Gasteiger partial charge is 0.416 e. The SMILES string of the molecule is CCCN(C(=O)c1ccc(N2CCC(NC(=O)c3ccccc3-c3ccc(C(F)(F)F)cc3)CC2)cc1)c1c(OCC)ncnc1OCC. The topological polar surface area (TPSA) is 96.9 Å². The van der Waals surface area contributed by atoms with Crippen LogP contribution in [0.25, 0.3) is 11.1 Å². The Morgan fingerprint density at radius 1 is 0.878 bits per heavy atom. The minimum absolute atomic E-state index is 0.0694. The van der Waals surface area contributed by atoms with Gasteiger partial charge in [-0.1, -0.05) is 37.3 Å². The predicted molar refractivity (Wildman–Crippen MR) is 182 cm³/mol. The number of ether oxygens (including phenoxy) is 2. The summed E-state index contributed by atoms with van der Waals surface area (Å²) in [6, 6.07) is 19.1. The van der Waals surface area contributed by atoms with E-state index in [4.69, 9.17) is 9.47 Å². The molecule has 4 aromatic rings. The number of nitrogens with zero attached hydrogens (tertiary/aromatic N) is 4. The highest BCUT2D eigenvalue weighted by Crippen LogP contribution is 2.36. The first kappa shape index (κ1) is 35.2. The van der Waals surface area contributed by atoms with Crippen molar-refractivity contribution in [3.05, 3.63) is 95.8 Å². The molecule has 258 valence electrons. The molecule has 2 heterocycles. The number of anilines is 2. The molecule has 12 heteroatoms. The predicted octanol–water partition coefficient (Wildman–Crippen LogP) is 7.42. The van der Waals surface area contributed by atoms with E-state index >= 15 is 0 Å². The number of nitrogens with one attached hydrogen (secondary N) is 1. The Kier molecular flexibility index (Phi) is 11.4. The van der Waals surface area contributed by atoms with Gasteiger partial charge in [-0.2, -0.15) is 23.1 Å². The Bertz CT molecular complexity index is 1700.